The topological polar surface area (TPSA) is 97.9 Å². The van der Waals surface area contributed by atoms with Crippen LogP contribution < -0.4 is 30.4 Å². The second kappa shape index (κ2) is 13.9. The molecule has 0 atom stereocenters. The van der Waals surface area contributed by atoms with E-state index >= 15 is 0 Å². The molecule has 9 heteroatoms. The fraction of sp³-hybridized carbons (Fsp3) is 0.348. The van der Waals surface area contributed by atoms with Gasteiger partial charge in [-0.2, -0.15) is 0 Å². The van der Waals surface area contributed by atoms with Gasteiger partial charge in [0, 0.05) is 0 Å². The molecule has 0 aliphatic rings. The van der Waals surface area contributed by atoms with Crippen molar-refractivity contribution in [3.63, 3.8) is 0 Å². The monoisotopic (exact) mass is 459 g/mol. The number of rotatable bonds is 11. The number of carbonyl (C=O) groups excluding carboxylic acids is 2. The van der Waals surface area contributed by atoms with E-state index in [1.54, 1.807) is 55.6 Å². The van der Waals surface area contributed by atoms with Gasteiger partial charge in [-0.3, -0.25) is 25.8 Å². The van der Waals surface area contributed by atoms with Gasteiger partial charge in [0.1, 0.15) is 17.2 Å². The highest BCUT2D eigenvalue weighted by atomic mass is 32.1. The predicted octanol–water partition coefficient (Wildman–Crippen LogP) is 3.37. The lowest BCUT2D eigenvalue weighted by Crippen LogP contribution is -2.49. The van der Waals surface area contributed by atoms with Crippen LogP contribution in [0.3, 0.4) is 0 Å². The van der Waals surface area contributed by atoms with Crippen molar-refractivity contribution in [3.8, 4) is 17.2 Å². The minimum atomic E-state index is -0.465. The zero-order chi connectivity index (χ0) is 23.2. The third kappa shape index (κ3) is 8.81. The molecule has 2 amide bonds. The van der Waals surface area contributed by atoms with Crippen molar-refractivity contribution in [2.45, 2.75) is 32.6 Å². The fourth-order valence-corrected chi connectivity index (χ4v) is 2.82. The lowest BCUT2D eigenvalue weighted by molar-refractivity contribution is -0.123. The van der Waals surface area contributed by atoms with E-state index in [1.807, 2.05) is 0 Å². The molecule has 8 nitrogen and oxygen atoms in total. The van der Waals surface area contributed by atoms with Crippen molar-refractivity contribution in [1.82, 2.24) is 16.2 Å². The molecule has 0 radical (unpaired) electrons. The maximum atomic E-state index is 12.6. The van der Waals surface area contributed by atoms with Gasteiger partial charge in [-0.15, -0.1) is 0 Å². The van der Waals surface area contributed by atoms with Gasteiger partial charge in [-0.1, -0.05) is 38.3 Å². The van der Waals surface area contributed by atoms with Crippen LogP contribution in [0, 0.1) is 0 Å². The average molecular weight is 460 g/mol. The molecule has 0 bridgehead atoms. The summed E-state index contributed by atoms with van der Waals surface area (Å²) in [5, 5.41) is 2.47. The number of nitrogens with one attached hydrogen (secondary N) is 3. The summed E-state index contributed by atoms with van der Waals surface area (Å²) < 4.78 is 16.2. The van der Waals surface area contributed by atoms with E-state index in [9.17, 15) is 9.59 Å². The summed E-state index contributed by atoms with van der Waals surface area (Å²) in [6.07, 6.45) is 4.31. The number of benzene rings is 2. The van der Waals surface area contributed by atoms with Crippen LogP contribution >= 0.6 is 12.2 Å². The number of thiocarbonyl (C=S) groups is 1. The van der Waals surface area contributed by atoms with E-state index in [0.29, 0.717) is 29.4 Å². The molecule has 0 unspecified atom stereocenters. The number of para-hydroxylation sites is 1. The minimum absolute atomic E-state index is 0.0504. The number of carbonyl (C=O) groups is 2. The first-order valence-corrected chi connectivity index (χ1v) is 10.8. The summed E-state index contributed by atoms with van der Waals surface area (Å²) in [5.41, 5.74) is 5.22. The van der Waals surface area contributed by atoms with Gasteiger partial charge in [0.25, 0.3) is 11.8 Å². The predicted molar refractivity (Wildman–Crippen MR) is 126 cm³/mol. The van der Waals surface area contributed by atoms with Crippen molar-refractivity contribution in [2.75, 3.05) is 20.3 Å². The third-order valence-corrected chi connectivity index (χ3v) is 4.56. The van der Waals surface area contributed by atoms with Crippen molar-refractivity contribution in [2.24, 2.45) is 0 Å². The molecule has 0 fully saturated rings. The van der Waals surface area contributed by atoms with Gasteiger partial charge in [-0.25, -0.2) is 0 Å². The summed E-state index contributed by atoms with van der Waals surface area (Å²) >= 11 is 5.08. The number of unbranched alkanes of at least 4 members (excludes halogenated alkanes) is 3. The van der Waals surface area contributed by atoms with Gasteiger partial charge >= 0.3 is 0 Å². The normalized spacial score (nSPS) is 10.1. The number of amides is 2. The first-order chi connectivity index (χ1) is 15.5. The molecule has 0 aliphatic heterocycles. The Morgan fingerprint density at radius 3 is 2.34 bits per heavy atom. The summed E-state index contributed by atoms with van der Waals surface area (Å²) in [6, 6.07) is 13.8. The summed E-state index contributed by atoms with van der Waals surface area (Å²) in [5.74, 6) is 0.793. The SMILES string of the molecule is CCCCCCOc1ccccc1C(=O)NC(=S)NNC(=O)COc1ccc(OC)cc1. The minimum Gasteiger partial charge on any atom is -0.497 e. The number of methoxy groups -OCH3 is 1. The first-order valence-electron chi connectivity index (χ1n) is 10.4. The van der Waals surface area contributed by atoms with E-state index in [2.05, 4.69) is 23.1 Å². The molecule has 32 heavy (non-hydrogen) atoms. The lowest BCUT2D eigenvalue weighted by atomic mass is 10.2. The van der Waals surface area contributed by atoms with E-state index in [-0.39, 0.29) is 11.7 Å². The van der Waals surface area contributed by atoms with Gasteiger partial charge in [-0.05, 0) is 55.0 Å². The molecule has 0 saturated heterocycles. The van der Waals surface area contributed by atoms with Crippen LogP contribution in [-0.4, -0.2) is 37.3 Å². The van der Waals surface area contributed by atoms with Crippen molar-refractivity contribution < 1.29 is 23.8 Å². The van der Waals surface area contributed by atoms with Gasteiger partial charge < -0.3 is 14.2 Å². The highest BCUT2D eigenvalue weighted by Gasteiger charge is 2.14. The first kappa shape index (κ1) is 24.9. The molecular formula is C23H29N3O5S. The van der Waals surface area contributed by atoms with Crippen molar-refractivity contribution >= 4 is 29.1 Å². The van der Waals surface area contributed by atoms with Crippen LogP contribution in [-0.2, 0) is 4.79 Å². The molecular weight excluding hydrogens is 430 g/mol. The maximum absolute atomic E-state index is 12.6. The van der Waals surface area contributed by atoms with Crippen LogP contribution in [0.1, 0.15) is 43.0 Å². The Labute approximate surface area is 193 Å². The standard InChI is InChI=1S/C23H29N3O5S/c1-3-4-5-8-15-30-20-10-7-6-9-19(20)22(28)24-23(32)26-25-21(27)16-31-18-13-11-17(29-2)12-14-18/h6-7,9-14H,3-5,8,15-16H2,1-2H3,(H,25,27)(H2,24,26,28,32). The number of ether oxygens (including phenoxy) is 3. The molecule has 0 aromatic heterocycles. The third-order valence-electron chi connectivity index (χ3n) is 4.36. The Morgan fingerprint density at radius 1 is 0.906 bits per heavy atom. The number of hydrogen-bond donors (Lipinski definition) is 3. The van der Waals surface area contributed by atoms with Crippen LogP contribution in [0.4, 0.5) is 0 Å². The second-order valence-electron chi connectivity index (χ2n) is 6.83. The van der Waals surface area contributed by atoms with Crippen molar-refractivity contribution in [3.05, 3.63) is 54.1 Å². The summed E-state index contributed by atoms with van der Waals surface area (Å²) in [6.45, 7) is 2.45. The Balaban J connectivity index is 1.75. The van der Waals surface area contributed by atoms with E-state index in [4.69, 9.17) is 26.4 Å². The molecule has 0 spiro atoms. The lowest BCUT2D eigenvalue weighted by Gasteiger charge is -2.13. The summed E-state index contributed by atoms with van der Waals surface area (Å²) in [4.78, 5) is 24.5. The highest BCUT2D eigenvalue weighted by molar-refractivity contribution is 7.80. The Morgan fingerprint density at radius 2 is 1.62 bits per heavy atom. The number of hydrazine groups is 1. The van der Waals surface area contributed by atoms with Crippen molar-refractivity contribution in [1.29, 1.82) is 0 Å². The zero-order valence-corrected chi connectivity index (χ0v) is 19.1. The Hall–Kier alpha value is -3.33. The van der Waals surface area contributed by atoms with E-state index < -0.39 is 11.8 Å². The molecule has 2 rings (SSSR count). The molecule has 0 aliphatic carbocycles. The second-order valence-corrected chi connectivity index (χ2v) is 7.23. The Kier molecular flexibility index (Phi) is 10.8. The fourth-order valence-electron chi connectivity index (χ4n) is 2.68. The maximum Gasteiger partial charge on any atom is 0.276 e. The molecule has 2 aromatic carbocycles. The molecule has 2 aromatic rings. The average Bonchev–Trinajstić information content (AvgIpc) is 2.81. The van der Waals surface area contributed by atoms with Crippen LogP contribution in [0.25, 0.3) is 0 Å². The molecule has 0 heterocycles. The highest BCUT2D eigenvalue weighted by Crippen LogP contribution is 2.18. The van der Waals surface area contributed by atoms with Crippen LogP contribution in [0.5, 0.6) is 17.2 Å². The molecule has 172 valence electrons. The molecule has 0 saturated carbocycles. The smallest absolute Gasteiger partial charge is 0.276 e. The van der Waals surface area contributed by atoms with Crippen LogP contribution in [0.15, 0.2) is 48.5 Å². The number of hydrogen-bond acceptors (Lipinski definition) is 6. The Bertz CT molecular complexity index is 889. The van der Waals surface area contributed by atoms with E-state index in [0.717, 1.165) is 25.7 Å². The summed E-state index contributed by atoms with van der Waals surface area (Å²) in [7, 11) is 1.57. The van der Waals surface area contributed by atoms with Gasteiger partial charge in [0.2, 0.25) is 0 Å². The largest absolute Gasteiger partial charge is 0.497 e. The quantitative estimate of drug-likeness (QED) is 0.269. The zero-order valence-electron chi connectivity index (χ0n) is 18.3. The van der Waals surface area contributed by atoms with Gasteiger partial charge in [0.05, 0.1) is 19.3 Å². The molecule has 3 N–H and O–H groups in total. The van der Waals surface area contributed by atoms with E-state index in [1.165, 1.54) is 0 Å². The van der Waals surface area contributed by atoms with Crippen LogP contribution in [0.2, 0.25) is 0 Å². The van der Waals surface area contributed by atoms with Gasteiger partial charge in [0.15, 0.2) is 11.7 Å².